The summed E-state index contributed by atoms with van der Waals surface area (Å²) in [6.07, 6.45) is 4.87. The maximum atomic E-state index is 9.39. The van der Waals surface area contributed by atoms with Crippen molar-refractivity contribution in [3.63, 3.8) is 0 Å². The summed E-state index contributed by atoms with van der Waals surface area (Å²) >= 11 is 0. The molecule has 1 fully saturated rings. The first kappa shape index (κ1) is 14.9. The number of aryl methyl sites for hydroxylation is 1. The Morgan fingerprint density at radius 1 is 1.45 bits per heavy atom. The zero-order chi connectivity index (χ0) is 14.4. The molecular weight excluding hydrogens is 246 g/mol. The van der Waals surface area contributed by atoms with E-state index in [0.717, 1.165) is 36.4 Å². The molecule has 20 heavy (non-hydrogen) atoms. The molecular formula is C17H25N3. The highest BCUT2D eigenvalue weighted by molar-refractivity contribution is 5.60. The normalized spacial score (nSPS) is 17.9. The summed E-state index contributed by atoms with van der Waals surface area (Å²) < 4.78 is 0. The molecule has 1 aliphatic heterocycles. The first-order valence-electron chi connectivity index (χ1n) is 7.73. The Labute approximate surface area is 122 Å². The van der Waals surface area contributed by atoms with Crippen LogP contribution < -0.4 is 10.2 Å². The quantitative estimate of drug-likeness (QED) is 0.863. The summed E-state index contributed by atoms with van der Waals surface area (Å²) in [7, 11) is 0. The van der Waals surface area contributed by atoms with Gasteiger partial charge in [-0.15, -0.1) is 0 Å². The van der Waals surface area contributed by atoms with Crippen molar-refractivity contribution in [1.82, 2.24) is 5.32 Å². The number of unbranched alkanes of at least 4 members (excludes halogenated alkanes) is 1. The lowest BCUT2D eigenvalue weighted by Gasteiger charge is -2.29. The third-order valence-electron chi connectivity index (χ3n) is 4.00. The predicted molar refractivity (Wildman–Crippen MR) is 84.0 cm³/mol. The number of anilines is 1. The fourth-order valence-electron chi connectivity index (χ4n) is 2.85. The van der Waals surface area contributed by atoms with Crippen molar-refractivity contribution >= 4 is 5.69 Å². The topological polar surface area (TPSA) is 39.1 Å². The Balaban J connectivity index is 2.18. The van der Waals surface area contributed by atoms with E-state index in [-0.39, 0.29) is 0 Å². The summed E-state index contributed by atoms with van der Waals surface area (Å²) in [5, 5.41) is 12.9. The highest BCUT2D eigenvalue weighted by atomic mass is 15.2. The van der Waals surface area contributed by atoms with Crippen molar-refractivity contribution in [3.05, 3.63) is 29.3 Å². The van der Waals surface area contributed by atoms with Crippen molar-refractivity contribution in [1.29, 1.82) is 5.26 Å². The zero-order valence-electron chi connectivity index (χ0n) is 12.7. The van der Waals surface area contributed by atoms with E-state index in [9.17, 15) is 5.26 Å². The second-order valence-electron chi connectivity index (χ2n) is 5.73. The monoisotopic (exact) mass is 271 g/mol. The maximum Gasteiger partial charge on any atom is 0.101 e. The first-order valence-corrected chi connectivity index (χ1v) is 7.73. The fraction of sp³-hybridized carbons (Fsp3) is 0.588. The molecule has 0 aromatic heterocycles. The summed E-state index contributed by atoms with van der Waals surface area (Å²) in [4.78, 5) is 2.39. The van der Waals surface area contributed by atoms with Crippen molar-refractivity contribution in [2.24, 2.45) is 0 Å². The van der Waals surface area contributed by atoms with Gasteiger partial charge in [0.1, 0.15) is 6.07 Å². The Kier molecular flexibility index (Phi) is 5.43. The van der Waals surface area contributed by atoms with Crippen molar-refractivity contribution in [2.45, 2.75) is 45.6 Å². The minimum absolute atomic E-state index is 0.569. The van der Waals surface area contributed by atoms with Crippen LogP contribution in [-0.2, 0) is 0 Å². The molecule has 1 atom stereocenters. The molecule has 0 bridgehead atoms. The summed E-state index contributed by atoms with van der Waals surface area (Å²) in [5.74, 6) is 0. The van der Waals surface area contributed by atoms with Gasteiger partial charge < -0.3 is 10.2 Å². The van der Waals surface area contributed by atoms with Gasteiger partial charge in [0, 0.05) is 19.1 Å². The lowest BCUT2D eigenvalue weighted by atomic mass is 10.1. The molecule has 1 unspecified atom stereocenters. The van der Waals surface area contributed by atoms with E-state index in [1.165, 1.54) is 25.7 Å². The molecule has 1 aromatic carbocycles. The van der Waals surface area contributed by atoms with Gasteiger partial charge >= 0.3 is 0 Å². The summed E-state index contributed by atoms with van der Waals surface area (Å²) in [6, 6.07) is 9.14. The summed E-state index contributed by atoms with van der Waals surface area (Å²) in [6.45, 7) is 7.43. The highest BCUT2D eigenvalue weighted by Crippen LogP contribution is 2.23. The van der Waals surface area contributed by atoms with Gasteiger partial charge in [-0.3, -0.25) is 0 Å². The average Bonchev–Trinajstić information content (AvgIpc) is 2.96. The second kappa shape index (κ2) is 7.31. The van der Waals surface area contributed by atoms with Gasteiger partial charge in [-0.1, -0.05) is 19.4 Å². The van der Waals surface area contributed by atoms with Gasteiger partial charge in [0.2, 0.25) is 0 Å². The Hall–Kier alpha value is -1.53. The van der Waals surface area contributed by atoms with Gasteiger partial charge in [-0.05, 0) is 50.4 Å². The summed E-state index contributed by atoms with van der Waals surface area (Å²) in [5.41, 5.74) is 3.05. The molecule has 0 spiro atoms. The minimum atomic E-state index is 0.569. The molecule has 0 amide bonds. The molecule has 1 N–H and O–H groups in total. The maximum absolute atomic E-state index is 9.39. The molecule has 1 heterocycles. The Bertz CT molecular complexity index is 470. The molecule has 1 saturated heterocycles. The predicted octanol–water partition coefficient (Wildman–Crippen LogP) is 3.23. The van der Waals surface area contributed by atoms with Crippen LogP contribution in [0.25, 0.3) is 0 Å². The average molecular weight is 271 g/mol. The van der Waals surface area contributed by atoms with Crippen LogP contribution in [0.3, 0.4) is 0 Å². The lowest BCUT2D eigenvalue weighted by molar-refractivity contribution is 0.572. The van der Waals surface area contributed by atoms with Crippen LogP contribution >= 0.6 is 0 Å². The van der Waals surface area contributed by atoms with Crippen LogP contribution in [0.1, 0.15) is 43.7 Å². The largest absolute Gasteiger partial charge is 0.369 e. The van der Waals surface area contributed by atoms with Crippen molar-refractivity contribution in [2.75, 3.05) is 24.5 Å². The van der Waals surface area contributed by atoms with E-state index >= 15 is 0 Å². The first-order chi connectivity index (χ1) is 9.74. The van der Waals surface area contributed by atoms with Gasteiger partial charge in [-0.2, -0.15) is 5.26 Å². The Morgan fingerprint density at radius 3 is 2.95 bits per heavy atom. The molecule has 0 saturated carbocycles. The molecule has 1 aliphatic rings. The Morgan fingerprint density at radius 2 is 2.30 bits per heavy atom. The molecule has 3 heteroatoms. The molecule has 0 aliphatic carbocycles. The number of benzene rings is 1. The van der Waals surface area contributed by atoms with E-state index < -0.39 is 0 Å². The molecule has 108 valence electrons. The second-order valence-corrected chi connectivity index (χ2v) is 5.73. The van der Waals surface area contributed by atoms with E-state index in [4.69, 9.17) is 0 Å². The third-order valence-corrected chi connectivity index (χ3v) is 4.00. The molecule has 2 rings (SSSR count). The number of rotatable bonds is 6. The SMILES string of the molecule is CCCCN(CC1CCCN1)c1ccc(C)cc1C#N. The van der Waals surface area contributed by atoms with Gasteiger partial charge in [0.05, 0.1) is 11.3 Å². The third kappa shape index (κ3) is 3.74. The number of nitrogens with one attached hydrogen (secondary N) is 1. The van der Waals surface area contributed by atoms with Crippen LogP contribution in [0.2, 0.25) is 0 Å². The van der Waals surface area contributed by atoms with E-state index in [1.807, 2.05) is 13.0 Å². The molecule has 3 nitrogen and oxygen atoms in total. The van der Waals surface area contributed by atoms with Crippen LogP contribution in [0.5, 0.6) is 0 Å². The lowest BCUT2D eigenvalue weighted by Crippen LogP contribution is -2.38. The van der Waals surface area contributed by atoms with Crippen LogP contribution in [0.15, 0.2) is 18.2 Å². The van der Waals surface area contributed by atoms with Gasteiger partial charge in [0.25, 0.3) is 0 Å². The standard InChI is InChI=1S/C17H25N3/c1-3-4-10-20(13-16-6-5-9-19-16)17-8-7-14(2)11-15(17)12-18/h7-8,11,16,19H,3-6,9-10,13H2,1-2H3. The number of nitrogens with zero attached hydrogens (tertiary/aromatic N) is 2. The van der Waals surface area contributed by atoms with Crippen LogP contribution in [0, 0.1) is 18.3 Å². The van der Waals surface area contributed by atoms with Crippen LogP contribution in [-0.4, -0.2) is 25.7 Å². The minimum Gasteiger partial charge on any atom is -0.369 e. The number of hydrogen-bond acceptors (Lipinski definition) is 3. The highest BCUT2D eigenvalue weighted by Gasteiger charge is 2.19. The van der Waals surface area contributed by atoms with Gasteiger partial charge in [-0.25, -0.2) is 0 Å². The fourth-order valence-corrected chi connectivity index (χ4v) is 2.85. The van der Waals surface area contributed by atoms with E-state index in [2.05, 4.69) is 35.3 Å². The van der Waals surface area contributed by atoms with Crippen LogP contribution in [0.4, 0.5) is 5.69 Å². The number of nitriles is 1. The van der Waals surface area contributed by atoms with Crippen molar-refractivity contribution < 1.29 is 0 Å². The smallest absolute Gasteiger partial charge is 0.101 e. The van der Waals surface area contributed by atoms with E-state index in [0.29, 0.717) is 6.04 Å². The molecule has 0 radical (unpaired) electrons. The number of hydrogen-bond donors (Lipinski definition) is 1. The van der Waals surface area contributed by atoms with Crippen molar-refractivity contribution in [3.8, 4) is 6.07 Å². The van der Waals surface area contributed by atoms with Gasteiger partial charge in [0.15, 0.2) is 0 Å². The molecule has 1 aromatic rings. The zero-order valence-corrected chi connectivity index (χ0v) is 12.7. The van der Waals surface area contributed by atoms with E-state index in [1.54, 1.807) is 0 Å².